The van der Waals surface area contributed by atoms with Crippen LogP contribution < -0.4 is 20.1 Å². The minimum Gasteiger partial charge on any atom is -0.488 e. The molecule has 2 heterocycles. The van der Waals surface area contributed by atoms with Gasteiger partial charge in [-0.05, 0) is 75.2 Å². The summed E-state index contributed by atoms with van der Waals surface area (Å²) in [5.41, 5.74) is 2.75. The molecule has 11 heteroatoms. The average Bonchev–Trinajstić information content (AvgIpc) is 3.41. The van der Waals surface area contributed by atoms with E-state index < -0.39 is 6.04 Å². The van der Waals surface area contributed by atoms with Gasteiger partial charge in [0.05, 0.1) is 28.0 Å². The highest BCUT2D eigenvalue weighted by Gasteiger charge is 2.21. The van der Waals surface area contributed by atoms with Crippen molar-refractivity contribution in [2.75, 3.05) is 13.7 Å². The van der Waals surface area contributed by atoms with E-state index in [1.165, 1.54) is 0 Å². The first kappa shape index (κ1) is 31.8. The van der Waals surface area contributed by atoms with Crippen LogP contribution in [0.4, 0.5) is 0 Å². The number of halogens is 2. The van der Waals surface area contributed by atoms with Crippen LogP contribution in [0, 0.1) is 0 Å². The zero-order valence-electron chi connectivity index (χ0n) is 24.6. The number of nitrogens with zero attached hydrogens (tertiary/aromatic N) is 3. The van der Waals surface area contributed by atoms with Gasteiger partial charge in [0.15, 0.2) is 0 Å². The Hall–Kier alpha value is -4.08. The van der Waals surface area contributed by atoms with E-state index in [0.717, 1.165) is 16.9 Å². The third-order valence-corrected chi connectivity index (χ3v) is 7.00. The Balaban J connectivity index is 1.37. The highest BCUT2D eigenvalue weighted by molar-refractivity contribution is 6.42. The lowest BCUT2D eigenvalue weighted by Gasteiger charge is -2.22. The third-order valence-electron chi connectivity index (χ3n) is 6.27. The Labute approximate surface area is 261 Å². The number of hydrogen-bond acceptors (Lipinski definition) is 6. The highest BCUT2D eigenvalue weighted by atomic mass is 35.5. The number of aromatic nitrogens is 3. The van der Waals surface area contributed by atoms with Crippen LogP contribution in [0.25, 0.3) is 16.9 Å². The number of hydrogen-bond donors (Lipinski definition) is 2. The number of carbonyl (C=O) groups is 2. The summed E-state index contributed by atoms with van der Waals surface area (Å²) in [5.74, 6) is 0.691. The second-order valence-corrected chi connectivity index (χ2v) is 11.7. The Morgan fingerprint density at radius 1 is 1.02 bits per heavy atom. The van der Waals surface area contributed by atoms with Gasteiger partial charge in [-0.25, -0.2) is 4.68 Å². The number of likely N-dealkylation sites (N-methyl/N-ethyl adjacent to an activating group) is 1. The average molecular weight is 625 g/mol. The highest BCUT2D eigenvalue weighted by Crippen LogP contribution is 2.30. The van der Waals surface area contributed by atoms with Gasteiger partial charge in [0.25, 0.3) is 0 Å². The van der Waals surface area contributed by atoms with Crippen LogP contribution in [-0.2, 0) is 16.0 Å². The van der Waals surface area contributed by atoms with Crippen molar-refractivity contribution in [2.24, 2.45) is 0 Å². The molecule has 226 valence electrons. The van der Waals surface area contributed by atoms with Crippen molar-refractivity contribution in [1.82, 2.24) is 25.4 Å². The first-order valence-electron chi connectivity index (χ1n) is 13.9. The number of nitrogens with one attached hydrogen (secondary N) is 2. The van der Waals surface area contributed by atoms with Gasteiger partial charge < -0.3 is 20.1 Å². The monoisotopic (exact) mass is 623 g/mol. The molecule has 0 aliphatic rings. The smallest absolute Gasteiger partial charge is 0.242 e. The van der Waals surface area contributed by atoms with Crippen LogP contribution in [-0.4, -0.2) is 51.9 Å². The molecule has 0 saturated heterocycles. The van der Waals surface area contributed by atoms with Crippen molar-refractivity contribution in [3.8, 4) is 28.6 Å². The van der Waals surface area contributed by atoms with Crippen molar-refractivity contribution in [2.45, 2.75) is 51.7 Å². The minimum absolute atomic E-state index is 0.169. The number of pyridine rings is 1. The Kier molecular flexibility index (Phi) is 10.7. The third kappa shape index (κ3) is 9.20. The largest absolute Gasteiger partial charge is 0.488 e. The van der Waals surface area contributed by atoms with Crippen molar-refractivity contribution in [1.29, 1.82) is 0 Å². The van der Waals surface area contributed by atoms with E-state index in [1.54, 1.807) is 48.4 Å². The molecular formula is C32H35Cl2N5O4. The van der Waals surface area contributed by atoms with Gasteiger partial charge in [0, 0.05) is 43.9 Å². The molecule has 0 bridgehead atoms. The number of benzene rings is 2. The summed E-state index contributed by atoms with van der Waals surface area (Å²) in [6, 6.07) is 17.5. The molecule has 43 heavy (non-hydrogen) atoms. The molecular weight excluding hydrogens is 589 g/mol. The summed E-state index contributed by atoms with van der Waals surface area (Å²) in [7, 11) is 1.55. The Bertz CT molecular complexity index is 1540. The summed E-state index contributed by atoms with van der Waals surface area (Å²) in [4.78, 5) is 29.5. The van der Waals surface area contributed by atoms with Crippen LogP contribution in [0.3, 0.4) is 0 Å². The zero-order valence-corrected chi connectivity index (χ0v) is 26.1. The van der Waals surface area contributed by atoms with Crippen molar-refractivity contribution < 1.29 is 19.1 Å². The molecule has 0 radical (unpaired) electrons. The lowest BCUT2D eigenvalue weighted by atomic mass is 10.0. The first-order chi connectivity index (χ1) is 20.5. The molecule has 2 N–H and O–H groups in total. The number of rotatable bonds is 12. The maximum absolute atomic E-state index is 12.8. The van der Waals surface area contributed by atoms with E-state index in [4.69, 9.17) is 32.7 Å². The second kappa shape index (κ2) is 14.4. The zero-order chi connectivity index (χ0) is 31.0. The minimum atomic E-state index is -0.717. The fourth-order valence-corrected chi connectivity index (χ4v) is 4.56. The second-order valence-electron chi connectivity index (χ2n) is 10.9. The van der Waals surface area contributed by atoms with Gasteiger partial charge >= 0.3 is 0 Å². The molecule has 2 amide bonds. The van der Waals surface area contributed by atoms with Crippen molar-refractivity contribution >= 4 is 35.0 Å². The van der Waals surface area contributed by atoms with Gasteiger partial charge in [-0.1, -0.05) is 35.3 Å². The summed E-state index contributed by atoms with van der Waals surface area (Å²) in [5, 5.41) is 11.0. The Morgan fingerprint density at radius 3 is 2.44 bits per heavy atom. The first-order valence-corrected chi connectivity index (χ1v) is 14.7. The number of amides is 2. The SMILES string of the molecule is CNC(=O)[C@H](Cc1ccc(OC(C)(C)C)cc1)NC(=O)CCCOc1cc(-c2cccnc2)nn1-c1ccc(Cl)c(Cl)c1. The quantitative estimate of drug-likeness (QED) is 0.186. The molecule has 0 unspecified atom stereocenters. The van der Waals surface area contributed by atoms with Gasteiger partial charge in [0.2, 0.25) is 17.7 Å². The molecule has 4 aromatic rings. The summed E-state index contributed by atoms with van der Waals surface area (Å²) in [6.45, 7) is 6.18. The van der Waals surface area contributed by atoms with Crippen LogP contribution in [0.15, 0.2) is 73.1 Å². The predicted molar refractivity (Wildman–Crippen MR) is 168 cm³/mol. The maximum Gasteiger partial charge on any atom is 0.242 e. The van der Waals surface area contributed by atoms with Gasteiger partial charge in [-0.15, -0.1) is 0 Å². The fraction of sp³-hybridized carbons (Fsp3) is 0.312. The fourth-order valence-electron chi connectivity index (χ4n) is 4.27. The molecule has 0 aliphatic carbocycles. The van der Waals surface area contributed by atoms with E-state index in [9.17, 15) is 9.59 Å². The molecule has 2 aromatic heterocycles. The lowest BCUT2D eigenvalue weighted by Crippen LogP contribution is -2.47. The van der Waals surface area contributed by atoms with Crippen LogP contribution >= 0.6 is 23.2 Å². The molecule has 0 spiro atoms. The van der Waals surface area contributed by atoms with Crippen LogP contribution in [0.5, 0.6) is 11.6 Å². The summed E-state index contributed by atoms with van der Waals surface area (Å²) >= 11 is 12.4. The Morgan fingerprint density at radius 2 is 1.79 bits per heavy atom. The maximum atomic E-state index is 12.8. The van der Waals surface area contributed by atoms with Crippen molar-refractivity contribution in [3.63, 3.8) is 0 Å². The van der Waals surface area contributed by atoms with E-state index >= 15 is 0 Å². The van der Waals surface area contributed by atoms with Crippen LogP contribution in [0.1, 0.15) is 39.2 Å². The predicted octanol–water partition coefficient (Wildman–Crippen LogP) is 6.05. The van der Waals surface area contributed by atoms with E-state index in [2.05, 4.69) is 20.7 Å². The van der Waals surface area contributed by atoms with Gasteiger partial charge in [0.1, 0.15) is 17.4 Å². The van der Waals surface area contributed by atoms with E-state index in [0.29, 0.717) is 40.1 Å². The standard InChI is InChI=1S/C32H35Cl2N5O4/c1-32(2,3)43-24-12-9-21(10-13-24)17-28(31(41)35-4)37-29(40)8-6-16-42-30-19-27(22-7-5-15-36-20-22)38-39(30)23-11-14-25(33)26(34)18-23/h5,7,9-15,18-20,28H,6,8,16-17H2,1-4H3,(H,35,41)(H,37,40)/t28-/m0/s1. The number of ether oxygens (including phenoxy) is 2. The van der Waals surface area contributed by atoms with Gasteiger partial charge in [-0.3, -0.25) is 14.6 Å². The summed E-state index contributed by atoms with van der Waals surface area (Å²) in [6.07, 6.45) is 4.33. The molecule has 9 nitrogen and oxygen atoms in total. The molecule has 2 aromatic carbocycles. The summed E-state index contributed by atoms with van der Waals surface area (Å²) < 4.78 is 13.6. The topological polar surface area (TPSA) is 107 Å². The van der Waals surface area contributed by atoms with E-state index in [-0.39, 0.29) is 30.4 Å². The molecule has 4 rings (SSSR count). The van der Waals surface area contributed by atoms with E-state index in [1.807, 2.05) is 57.2 Å². The molecule has 0 fully saturated rings. The molecule has 0 saturated carbocycles. The number of carbonyl (C=O) groups excluding carboxylic acids is 2. The normalized spacial score (nSPS) is 12.0. The lowest BCUT2D eigenvalue weighted by molar-refractivity contribution is -0.128. The van der Waals surface area contributed by atoms with Crippen LogP contribution in [0.2, 0.25) is 10.0 Å². The van der Waals surface area contributed by atoms with Gasteiger partial charge in [-0.2, -0.15) is 5.10 Å². The van der Waals surface area contributed by atoms with Crippen molar-refractivity contribution in [3.05, 3.63) is 88.7 Å². The molecule has 1 atom stereocenters. The molecule has 0 aliphatic heterocycles.